The highest BCUT2D eigenvalue weighted by Gasteiger charge is 2.28. The highest BCUT2D eigenvalue weighted by molar-refractivity contribution is 6.18. The van der Waals surface area contributed by atoms with Gasteiger partial charge in [0.25, 0.3) is 0 Å². The van der Waals surface area contributed by atoms with Crippen LogP contribution < -0.4 is 0 Å². The number of hydrogen-bond donors (Lipinski definition) is 0. The van der Waals surface area contributed by atoms with Gasteiger partial charge >= 0.3 is 5.97 Å². The molecule has 12 heavy (non-hydrogen) atoms. The highest BCUT2D eigenvalue weighted by Crippen LogP contribution is 2.05. The maximum absolute atomic E-state index is 10.4. The standard InChI is InChI=1S/C6H10ClNO4/c1-4(8(10)11)6(3-7)12-5(2)9/h4,6H,3H2,1-2H3/t4-,6+/m1/s1. The lowest BCUT2D eigenvalue weighted by Crippen LogP contribution is -2.35. The molecular formula is C6H10ClNO4. The van der Waals surface area contributed by atoms with E-state index >= 15 is 0 Å². The first-order valence-electron chi connectivity index (χ1n) is 3.35. The fourth-order valence-electron chi connectivity index (χ4n) is 0.608. The van der Waals surface area contributed by atoms with E-state index in [1.54, 1.807) is 0 Å². The number of rotatable bonds is 4. The molecule has 0 aliphatic rings. The third-order valence-electron chi connectivity index (χ3n) is 1.34. The molecule has 0 spiro atoms. The maximum Gasteiger partial charge on any atom is 0.303 e. The second kappa shape index (κ2) is 4.92. The molecule has 0 rings (SSSR count). The molecule has 0 amide bonds. The molecule has 0 aromatic rings. The summed E-state index contributed by atoms with van der Waals surface area (Å²) in [4.78, 5) is 20.1. The second-order valence-electron chi connectivity index (χ2n) is 2.33. The lowest BCUT2D eigenvalue weighted by atomic mass is 10.2. The number of alkyl halides is 1. The lowest BCUT2D eigenvalue weighted by Gasteiger charge is -2.14. The van der Waals surface area contributed by atoms with Crippen LogP contribution in [0.5, 0.6) is 0 Å². The van der Waals surface area contributed by atoms with Crippen LogP contribution in [0.4, 0.5) is 0 Å². The van der Waals surface area contributed by atoms with Gasteiger partial charge in [-0.2, -0.15) is 0 Å². The minimum atomic E-state index is -0.966. The molecule has 0 bridgehead atoms. The van der Waals surface area contributed by atoms with E-state index in [0.29, 0.717) is 0 Å². The number of carbonyl (C=O) groups excluding carboxylic acids is 1. The first-order chi connectivity index (χ1) is 5.49. The topological polar surface area (TPSA) is 69.4 Å². The molecule has 6 heteroatoms. The fraction of sp³-hybridized carbons (Fsp3) is 0.833. The van der Waals surface area contributed by atoms with Crippen molar-refractivity contribution in [2.45, 2.75) is 26.0 Å². The third kappa shape index (κ3) is 3.52. The number of hydrogen-bond acceptors (Lipinski definition) is 4. The summed E-state index contributed by atoms with van der Waals surface area (Å²) in [7, 11) is 0. The van der Waals surface area contributed by atoms with Crippen molar-refractivity contribution in [3.8, 4) is 0 Å². The minimum absolute atomic E-state index is 0.0677. The Bertz CT molecular complexity index is 184. The first kappa shape index (κ1) is 11.2. The van der Waals surface area contributed by atoms with Gasteiger partial charge in [-0.15, -0.1) is 11.6 Å². The van der Waals surface area contributed by atoms with Crippen LogP contribution in [0.25, 0.3) is 0 Å². The van der Waals surface area contributed by atoms with Crippen LogP contribution in [0.15, 0.2) is 0 Å². The molecule has 70 valence electrons. The van der Waals surface area contributed by atoms with E-state index in [9.17, 15) is 14.9 Å². The quantitative estimate of drug-likeness (QED) is 0.288. The Hall–Kier alpha value is -0.840. The zero-order valence-electron chi connectivity index (χ0n) is 6.82. The molecular weight excluding hydrogens is 186 g/mol. The smallest absolute Gasteiger partial charge is 0.303 e. The monoisotopic (exact) mass is 195 g/mol. The molecule has 0 unspecified atom stereocenters. The van der Waals surface area contributed by atoms with E-state index < -0.39 is 23.0 Å². The van der Waals surface area contributed by atoms with Crippen LogP contribution in [-0.4, -0.2) is 28.9 Å². The van der Waals surface area contributed by atoms with Crippen molar-refractivity contribution in [1.29, 1.82) is 0 Å². The van der Waals surface area contributed by atoms with E-state index in [1.165, 1.54) is 13.8 Å². The van der Waals surface area contributed by atoms with Crippen LogP contribution >= 0.6 is 11.6 Å². The Morgan fingerprint density at radius 1 is 1.75 bits per heavy atom. The van der Waals surface area contributed by atoms with Crippen molar-refractivity contribution in [2.24, 2.45) is 0 Å². The molecule has 0 saturated carbocycles. The van der Waals surface area contributed by atoms with Gasteiger partial charge in [0.05, 0.1) is 5.88 Å². The molecule has 0 radical (unpaired) electrons. The van der Waals surface area contributed by atoms with Crippen LogP contribution in [0, 0.1) is 10.1 Å². The minimum Gasteiger partial charge on any atom is -0.454 e. The number of nitrogens with zero attached hydrogens (tertiary/aromatic N) is 1. The highest BCUT2D eigenvalue weighted by atomic mass is 35.5. The van der Waals surface area contributed by atoms with Crippen molar-refractivity contribution >= 4 is 17.6 Å². The molecule has 0 aromatic heterocycles. The van der Waals surface area contributed by atoms with Gasteiger partial charge in [-0.05, 0) is 0 Å². The van der Waals surface area contributed by atoms with Crippen molar-refractivity contribution in [2.75, 3.05) is 5.88 Å². The number of ether oxygens (including phenoxy) is 1. The van der Waals surface area contributed by atoms with E-state index in [4.69, 9.17) is 11.6 Å². The molecule has 2 atom stereocenters. The summed E-state index contributed by atoms with van der Waals surface area (Å²) >= 11 is 5.37. The lowest BCUT2D eigenvalue weighted by molar-refractivity contribution is -0.528. The first-order valence-corrected chi connectivity index (χ1v) is 3.89. The Morgan fingerprint density at radius 2 is 2.25 bits per heavy atom. The molecule has 5 nitrogen and oxygen atoms in total. The number of halogens is 1. The summed E-state index contributed by atoms with van der Waals surface area (Å²) in [6.45, 7) is 2.53. The van der Waals surface area contributed by atoms with Crippen LogP contribution in [0.1, 0.15) is 13.8 Å². The third-order valence-corrected chi connectivity index (χ3v) is 1.64. The average Bonchev–Trinajstić information content (AvgIpc) is 1.98. The molecule has 0 aliphatic carbocycles. The largest absolute Gasteiger partial charge is 0.454 e. The SMILES string of the molecule is CC(=O)O[C@@H](CCl)[C@@H](C)[N+](=O)[O-]. The normalized spacial score (nSPS) is 14.9. The average molecular weight is 196 g/mol. The van der Waals surface area contributed by atoms with E-state index in [1.807, 2.05) is 0 Å². The summed E-state index contributed by atoms with van der Waals surface area (Å²) in [6, 6.07) is -0.966. The van der Waals surface area contributed by atoms with Crippen molar-refractivity contribution in [1.82, 2.24) is 0 Å². The van der Waals surface area contributed by atoms with Gasteiger partial charge in [0.2, 0.25) is 6.04 Å². The summed E-state index contributed by atoms with van der Waals surface area (Å²) in [5, 5.41) is 10.2. The predicted octanol–water partition coefficient (Wildman–Crippen LogP) is 0.822. The Morgan fingerprint density at radius 3 is 2.50 bits per heavy atom. The summed E-state index contributed by atoms with van der Waals surface area (Å²) < 4.78 is 4.61. The summed E-state index contributed by atoms with van der Waals surface area (Å²) in [5.74, 6) is -0.629. The van der Waals surface area contributed by atoms with Crippen molar-refractivity contribution in [3.05, 3.63) is 10.1 Å². The molecule has 0 saturated heterocycles. The molecule has 0 aliphatic heterocycles. The molecule has 0 heterocycles. The fourth-order valence-corrected chi connectivity index (χ4v) is 0.929. The second-order valence-corrected chi connectivity index (χ2v) is 2.64. The van der Waals surface area contributed by atoms with Gasteiger partial charge in [-0.25, -0.2) is 0 Å². The van der Waals surface area contributed by atoms with E-state index in [2.05, 4.69) is 4.74 Å². The van der Waals surface area contributed by atoms with Gasteiger partial charge in [-0.1, -0.05) is 0 Å². The summed E-state index contributed by atoms with van der Waals surface area (Å²) in [6.07, 6.45) is -0.848. The molecule has 0 fully saturated rings. The van der Waals surface area contributed by atoms with Gasteiger partial charge in [0, 0.05) is 18.8 Å². The Balaban J connectivity index is 4.14. The molecule has 0 N–H and O–H groups in total. The van der Waals surface area contributed by atoms with E-state index in [0.717, 1.165) is 0 Å². The predicted molar refractivity (Wildman–Crippen MR) is 42.7 cm³/mol. The maximum atomic E-state index is 10.4. The van der Waals surface area contributed by atoms with Crippen LogP contribution in [-0.2, 0) is 9.53 Å². The summed E-state index contributed by atoms with van der Waals surface area (Å²) in [5.41, 5.74) is 0. The van der Waals surface area contributed by atoms with Crippen LogP contribution in [0.3, 0.4) is 0 Å². The number of esters is 1. The zero-order chi connectivity index (χ0) is 9.72. The Labute approximate surface area is 74.8 Å². The van der Waals surface area contributed by atoms with E-state index in [-0.39, 0.29) is 5.88 Å². The van der Waals surface area contributed by atoms with Gasteiger partial charge in [-0.3, -0.25) is 14.9 Å². The number of nitro groups is 1. The van der Waals surface area contributed by atoms with Crippen molar-refractivity contribution < 1.29 is 14.5 Å². The van der Waals surface area contributed by atoms with Crippen molar-refractivity contribution in [3.63, 3.8) is 0 Å². The van der Waals surface area contributed by atoms with Gasteiger partial charge in [0.1, 0.15) is 0 Å². The van der Waals surface area contributed by atoms with Crippen LogP contribution in [0.2, 0.25) is 0 Å². The Kier molecular flexibility index (Phi) is 4.58. The van der Waals surface area contributed by atoms with Gasteiger partial charge in [0.15, 0.2) is 6.10 Å². The number of carbonyl (C=O) groups is 1. The van der Waals surface area contributed by atoms with Gasteiger partial charge < -0.3 is 4.74 Å². The molecule has 0 aromatic carbocycles. The zero-order valence-corrected chi connectivity index (χ0v) is 7.58.